The highest BCUT2D eigenvalue weighted by Crippen LogP contribution is 2.27. The largest absolute Gasteiger partial charge is 0.394 e. The topological polar surface area (TPSA) is 61.7 Å². The van der Waals surface area contributed by atoms with Gasteiger partial charge in [-0.2, -0.15) is 0 Å². The van der Waals surface area contributed by atoms with Crippen LogP contribution in [0.2, 0.25) is 5.02 Å². The first-order chi connectivity index (χ1) is 10.2. The van der Waals surface area contributed by atoms with Crippen LogP contribution in [0.4, 0.5) is 5.69 Å². The Bertz CT molecular complexity index is 713. The van der Waals surface area contributed by atoms with Gasteiger partial charge in [0.15, 0.2) is 6.04 Å². The molecule has 21 heavy (non-hydrogen) atoms. The predicted octanol–water partition coefficient (Wildman–Crippen LogP) is 2.49. The lowest BCUT2D eigenvalue weighted by Gasteiger charge is -2.10. The molecule has 2 aromatic rings. The van der Waals surface area contributed by atoms with Crippen LogP contribution in [-0.2, 0) is 4.79 Å². The van der Waals surface area contributed by atoms with E-state index in [-0.39, 0.29) is 12.5 Å². The number of carbonyl (C=O) groups is 1. The molecule has 5 heteroatoms. The number of aliphatic hydroxyl groups excluding tert-OH is 1. The Balaban J connectivity index is 2.22. The third kappa shape index (κ3) is 2.68. The Kier molecular flexibility index (Phi) is 3.73. The number of nitrogens with zero attached hydrogens (tertiary/aromatic N) is 1. The van der Waals surface area contributed by atoms with Crippen molar-refractivity contribution in [2.24, 2.45) is 4.99 Å². The molecule has 106 valence electrons. The Hall–Kier alpha value is -2.17. The zero-order valence-electron chi connectivity index (χ0n) is 11.1. The smallest absolute Gasteiger partial charge is 0.251 e. The first-order valence-corrected chi connectivity index (χ1v) is 6.91. The van der Waals surface area contributed by atoms with Crippen LogP contribution in [0.1, 0.15) is 11.1 Å². The number of aliphatic hydroxyl groups is 1. The number of carbonyl (C=O) groups excluding carboxylic acids is 1. The van der Waals surface area contributed by atoms with Crippen LogP contribution in [0.25, 0.3) is 0 Å². The van der Waals surface area contributed by atoms with Gasteiger partial charge in [0.2, 0.25) is 0 Å². The average molecular weight is 301 g/mol. The predicted molar refractivity (Wildman–Crippen MR) is 83.0 cm³/mol. The zero-order chi connectivity index (χ0) is 14.8. The molecule has 1 atom stereocenters. The molecule has 0 spiro atoms. The number of amides is 1. The SMILES string of the molecule is O=C1Nc2ccc(Cl)cc2C(c2ccccc2)=NC1CO. The van der Waals surface area contributed by atoms with Crippen LogP contribution in [0.5, 0.6) is 0 Å². The summed E-state index contributed by atoms with van der Waals surface area (Å²) in [6.45, 7) is -0.343. The van der Waals surface area contributed by atoms with E-state index < -0.39 is 6.04 Å². The highest BCUT2D eigenvalue weighted by molar-refractivity contribution is 6.32. The number of halogens is 1. The molecule has 0 fully saturated rings. The molecule has 0 saturated carbocycles. The molecule has 2 N–H and O–H groups in total. The lowest BCUT2D eigenvalue weighted by Crippen LogP contribution is -2.28. The van der Waals surface area contributed by atoms with E-state index in [0.29, 0.717) is 16.4 Å². The normalized spacial score (nSPS) is 17.5. The second kappa shape index (κ2) is 5.68. The number of anilines is 1. The van der Waals surface area contributed by atoms with Gasteiger partial charge in [0, 0.05) is 16.1 Å². The highest BCUT2D eigenvalue weighted by Gasteiger charge is 2.25. The Morgan fingerprint density at radius 1 is 1.19 bits per heavy atom. The van der Waals surface area contributed by atoms with E-state index in [1.54, 1.807) is 18.2 Å². The summed E-state index contributed by atoms with van der Waals surface area (Å²) >= 11 is 6.07. The Morgan fingerprint density at radius 3 is 2.67 bits per heavy atom. The van der Waals surface area contributed by atoms with Crippen molar-refractivity contribution in [1.82, 2.24) is 0 Å². The Morgan fingerprint density at radius 2 is 1.95 bits per heavy atom. The van der Waals surface area contributed by atoms with Crippen molar-refractivity contribution in [3.05, 3.63) is 64.7 Å². The number of aliphatic imine (C=N–C) groups is 1. The van der Waals surface area contributed by atoms with Crippen molar-refractivity contribution in [2.45, 2.75) is 6.04 Å². The standard InChI is InChI=1S/C16H13ClN2O2/c17-11-6-7-13-12(8-11)15(10-4-2-1-3-5-10)18-14(9-20)16(21)19-13/h1-8,14,20H,9H2,(H,19,21). The molecule has 3 rings (SSSR count). The van der Waals surface area contributed by atoms with Crippen LogP contribution < -0.4 is 5.32 Å². The maximum Gasteiger partial charge on any atom is 0.251 e. The molecule has 1 heterocycles. The van der Waals surface area contributed by atoms with Crippen molar-refractivity contribution >= 4 is 28.9 Å². The molecule has 0 aromatic heterocycles. The molecule has 4 nitrogen and oxygen atoms in total. The number of benzodiazepines with no additional fused rings is 1. The summed E-state index contributed by atoms with van der Waals surface area (Å²) in [6, 6.07) is 13.9. The number of benzene rings is 2. The summed E-state index contributed by atoms with van der Waals surface area (Å²) in [4.78, 5) is 16.5. The molecule has 2 aromatic carbocycles. The van der Waals surface area contributed by atoms with Gasteiger partial charge in [-0.3, -0.25) is 9.79 Å². The van der Waals surface area contributed by atoms with Crippen LogP contribution >= 0.6 is 11.6 Å². The zero-order valence-corrected chi connectivity index (χ0v) is 11.8. The summed E-state index contributed by atoms with van der Waals surface area (Å²) in [6.07, 6.45) is 0. The molecule has 0 bridgehead atoms. The van der Waals surface area contributed by atoms with Gasteiger partial charge in [0.05, 0.1) is 18.0 Å². The maximum atomic E-state index is 12.1. The van der Waals surface area contributed by atoms with E-state index in [1.807, 2.05) is 30.3 Å². The van der Waals surface area contributed by atoms with E-state index in [9.17, 15) is 9.90 Å². The van der Waals surface area contributed by atoms with Crippen molar-refractivity contribution in [1.29, 1.82) is 0 Å². The van der Waals surface area contributed by atoms with Gasteiger partial charge in [-0.25, -0.2) is 0 Å². The molecular formula is C16H13ClN2O2. The second-order valence-corrected chi connectivity index (χ2v) is 5.16. The van der Waals surface area contributed by atoms with Gasteiger partial charge in [0.25, 0.3) is 5.91 Å². The van der Waals surface area contributed by atoms with Gasteiger partial charge in [-0.1, -0.05) is 41.9 Å². The molecule has 1 aliphatic heterocycles. The van der Waals surface area contributed by atoms with Crippen molar-refractivity contribution in [3.63, 3.8) is 0 Å². The maximum absolute atomic E-state index is 12.1. The molecule has 0 radical (unpaired) electrons. The van der Waals surface area contributed by atoms with E-state index >= 15 is 0 Å². The summed E-state index contributed by atoms with van der Waals surface area (Å²) in [7, 11) is 0. The number of fused-ring (bicyclic) bond motifs is 1. The van der Waals surface area contributed by atoms with Gasteiger partial charge in [-0.05, 0) is 18.2 Å². The number of nitrogens with one attached hydrogen (secondary N) is 1. The minimum atomic E-state index is -0.827. The molecular weight excluding hydrogens is 288 g/mol. The average Bonchev–Trinajstić information content (AvgIpc) is 2.64. The summed E-state index contributed by atoms with van der Waals surface area (Å²) in [5.74, 6) is -0.327. The number of rotatable bonds is 2. The summed E-state index contributed by atoms with van der Waals surface area (Å²) in [5.41, 5.74) is 2.91. The van der Waals surface area contributed by atoms with Crippen molar-refractivity contribution < 1.29 is 9.90 Å². The van der Waals surface area contributed by atoms with Gasteiger partial charge >= 0.3 is 0 Å². The first kappa shape index (κ1) is 13.8. The fraction of sp³-hybridized carbons (Fsp3) is 0.125. The Labute approximate surface area is 127 Å². The second-order valence-electron chi connectivity index (χ2n) is 4.72. The van der Waals surface area contributed by atoms with Gasteiger partial charge < -0.3 is 10.4 Å². The van der Waals surface area contributed by atoms with Gasteiger partial charge in [-0.15, -0.1) is 0 Å². The number of hydrogen-bond acceptors (Lipinski definition) is 3. The van der Waals surface area contributed by atoms with Crippen molar-refractivity contribution in [3.8, 4) is 0 Å². The fourth-order valence-corrected chi connectivity index (χ4v) is 2.44. The first-order valence-electron chi connectivity index (χ1n) is 6.54. The number of hydrogen-bond donors (Lipinski definition) is 2. The monoisotopic (exact) mass is 300 g/mol. The van der Waals surface area contributed by atoms with E-state index in [4.69, 9.17) is 11.6 Å². The van der Waals surface area contributed by atoms with Crippen LogP contribution in [-0.4, -0.2) is 29.4 Å². The van der Waals surface area contributed by atoms with Crippen LogP contribution in [0.3, 0.4) is 0 Å². The lowest BCUT2D eigenvalue weighted by molar-refractivity contribution is -0.118. The minimum absolute atomic E-state index is 0.327. The van der Waals surface area contributed by atoms with E-state index in [0.717, 1.165) is 11.1 Å². The molecule has 1 unspecified atom stereocenters. The summed E-state index contributed by atoms with van der Waals surface area (Å²) in [5, 5.41) is 12.7. The van der Waals surface area contributed by atoms with E-state index in [1.165, 1.54) is 0 Å². The minimum Gasteiger partial charge on any atom is -0.394 e. The van der Waals surface area contributed by atoms with E-state index in [2.05, 4.69) is 10.3 Å². The molecule has 0 aliphatic carbocycles. The van der Waals surface area contributed by atoms with Gasteiger partial charge in [0.1, 0.15) is 0 Å². The van der Waals surface area contributed by atoms with Crippen LogP contribution in [0, 0.1) is 0 Å². The summed E-state index contributed by atoms with van der Waals surface area (Å²) < 4.78 is 0. The fourth-order valence-electron chi connectivity index (χ4n) is 2.27. The molecule has 1 aliphatic rings. The van der Waals surface area contributed by atoms with Crippen LogP contribution in [0.15, 0.2) is 53.5 Å². The third-order valence-electron chi connectivity index (χ3n) is 3.30. The quantitative estimate of drug-likeness (QED) is 0.895. The van der Waals surface area contributed by atoms with Crippen molar-refractivity contribution in [2.75, 3.05) is 11.9 Å². The third-order valence-corrected chi connectivity index (χ3v) is 3.54. The molecule has 1 amide bonds. The highest BCUT2D eigenvalue weighted by atomic mass is 35.5. The lowest BCUT2D eigenvalue weighted by atomic mass is 10.0. The molecule has 0 saturated heterocycles.